The van der Waals surface area contributed by atoms with Gasteiger partial charge in [0.2, 0.25) is 0 Å². The van der Waals surface area contributed by atoms with E-state index >= 15 is 0 Å². The summed E-state index contributed by atoms with van der Waals surface area (Å²) in [6.07, 6.45) is 7.71. The van der Waals surface area contributed by atoms with E-state index in [0.29, 0.717) is 0 Å². The first-order chi connectivity index (χ1) is 4.85. The van der Waals surface area contributed by atoms with Gasteiger partial charge in [0, 0.05) is 0 Å². The van der Waals surface area contributed by atoms with Crippen LogP contribution in [0.25, 0.3) is 0 Å². The van der Waals surface area contributed by atoms with Gasteiger partial charge >= 0.3 is 0 Å². The fraction of sp³-hybridized carbons (Fsp3) is 0.778. The normalized spacial score (nSPS) is 11.5. The fourth-order valence-electron chi connectivity index (χ4n) is 1.10. The van der Waals surface area contributed by atoms with E-state index in [1.54, 1.807) is 0 Å². The van der Waals surface area contributed by atoms with Crippen LogP contribution in [0.4, 0.5) is 0 Å². The van der Waals surface area contributed by atoms with Crippen molar-refractivity contribution in [2.24, 2.45) is 5.92 Å². The molecule has 0 saturated carbocycles. The average Bonchev–Trinajstić information content (AvgIpc) is 1.99. The molecule has 0 amide bonds. The lowest BCUT2D eigenvalue weighted by atomic mass is 9.98. The summed E-state index contributed by atoms with van der Waals surface area (Å²) in [5.74, 6) is 0.844. The molecular weight excluding hydrogens is 124 g/mol. The third-order valence-electron chi connectivity index (χ3n) is 2.00. The lowest BCUT2D eigenvalue weighted by Gasteiger charge is -2.08. The first-order valence-corrected chi connectivity index (χ1v) is 4.14. The number of allylic oxidation sites excluding steroid dienone is 1. The zero-order valence-corrected chi connectivity index (χ0v) is 7.01. The monoisotopic (exact) mass is 142 g/mol. The molecule has 10 heavy (non-hydrogen) atoms. The molecule has 60 valence electrons. The van der Waals surface area contributed by atoms with E-state index in [0.717, 1.165) is 18.6 Å². The van der Waals surface area contributed by atoms with Gasteiger partial charge in [-0.15, -0.1) is 0 Å². The summed E-state index contributed by atoms with van der Waals surface area (Å²) in [4.78, 5) is 0. The van der Waals surface area contributed by atoms with Gasteiger partial charge in [-0.2, -0.15) is 0 Å². The molecule has 1 N–H and O–H groups in total. The minimum Gasteiger partial charge on any atom is -0.516 e. The lowest BCUT2D eigenvalue weighted by molar-refractivity contribution is 0.447. The summed E-state index contributed by atoms with van der Waals surface area (Å²) < 4.78 is 0. The quantitative estimate of drug-likeness (QED) is 0.584. The smallest absolute Gasteiger partial charge is 0.0751 e. The maximum absolute atomic E-state index is 8.34. The van der Waals surface area contributed by atoms with Crippen LogP contribution < -0.4 is 0 Å². The highest BCUT2D eigenvalue weighted by Crippen LogP contribution is 2.14. The largest absolute Gasteiger partial charge is 0.516 e. The maximum Gasteiger partial charge on any atom is 0.0751 e. The summed E-state index contributed by atoms with van der Waals surface area (Å²) in [5, 5.41) is 8.34. The number of hydrogen-bond acceptors (Lipinski definition) is 1. The minimum absolute atomic E-state index is 0.844. The summed E-state index contributed by atoms with van der Waals surface area (Å²) in [7, 11) is 0. The van der Waals surface area contributed by atoms with Crippen LogP contribution in [0.3, 0.4) is 0 Å². The van der Waals surface area contributed by atoms with Crippen LogP contribution in [0.1, 0.15) is 39.5 Å². The average molecular weight is 142 g/mol. The molecule has 0 aliphatic carbocycles. The summed E-state index contributed by atoms with van der Waals surface area (Å²) in [6, 6.07) is 0. The van der Waals surface area contributed by atoms with Crippen LogP contribution in [0.2, 0.25) is 0 Å². The van der Waals surface area contributed by atoms with Crippen molar-refractivity contribution in [2.45, 2.75) is 39.5 Å². The Labute approximate surface area is 63.8 Å². The van der Waals surface area contributed by atoms with Gasteiger partial charge in [0.05, 0.1) is 6.26 Å². The van der Waals surface area contributed by atoms with E-state index in [9.17, 15) is 0 Å². The molecule has 0 saturated heterocycles. The molecular formula is C9H18O. The van der Waals surface area contributed by atoms with Crippen LogP contribution in [-0.2, 0) is 0 Å². The SMILES string of the molecule is CCC(CC)CCC=CO. The zero-order chi connectivity index (χ0) is 7.82. The Kier molecular flexibility index (Phi) is 6.35. The van der Waals surface area contributed by atoms with Gasteiger partial charge in [-0.05, 0) is 18.8 Å². The second-order valence-corrected chi connectivity index (χ2v) is 2.64. The fourth-order valence-corrected chi connectivity index (χ4v) is 1.10. The van der Waals surface area contributed by atoms with Gasteiger partial charge in [0.15, 0.2) is 0 Å². The Balaban J connectivity index is 3.25. The van der Waals surface area contributed by atoms with Crippen molar-refractivity contribution in [1.29, 1.82) is 0 Å². The zero-order valence-electron chi connectivity index (χ0n) is 7.01. The molecule has 0 aromatic rings. The Hall–Kier alpha value is -0.460. The first kappa shape index (κ1) is 9.54. The highest BCUT2D eigenvalue weighted by atomic mass is 16.2. The van der Waals surface area contributed by atoms with E-state index in [2.05, 4.69) is 13.8 Å². The van der Waals surface area contributed by atoms with Crippen molar-refractivity contribution in [2.75, 3.05) is 0 Å². The maximum atomic E-state index is 8.34. The Morgan fingerprint density at radius 1 is 1.30 bits per heavy atom. The molecule has 0 spiro atoms. The predicted octanol–water partition coefficient (Wildman–Crippen LogP) is 3.27. The lowest BCUT2D eigenvalue weighted by Crippen LogP contribution is -1.94. The number of aliphatic hydroxyl groups is 1. The molecule has 0 aromatic carbocycles. The summed E-state index contributed by atoms with van der Waals surface area (Å²) >= 11 is 0. The Bertz CT molecular complexity index is 82.7. The topological polar surface area (TPSA) is 20.2 Å². The molecule has 0 aliphatic rings. The molecule has 1 nitrogen and oxygen atoms in total. The third kappa shape index (κ3) is 4.42. The van der Waals surface area contributed by atoms with Gasteiger partial charge in [-0.25, -0.2) is 0 Å². The van der Waals surface area contributed by atoms with E-state index in [-0.39, 0.29) is 0 Å². The van der Waals surface area contributed by atoms with Crippen LogP contribution in [0.15, 0.2) is 12.3 Å². The van der Waals surface area contributed by atoms with Crippen molar-refractivity contribution in [3.63, 3.8) is 0 Å². The molecule has 0 aromatic heterocycles. The molecule has 0 radical (unpaired) electrons. The van der Waals surface area contributed by atoms with E-state index in [1.165, 1.54) is 19.3 Å². The van der Waals surface area contributed by atoms with Crippen molar-refractivity contribution in [1.82, 2.24) is 0 Å². The van der Waals surface area contributed by atoms with Crippen LogP contribution in [-0.4, -0.2) is 5.11 Å². The highest BCUT2D eigenvalue weighted by Gasteiger charge is 1.99. The number of aliphatic hydroxyl groups excluding tert-OH is 1. The highest BCUT2D eigenvalue weighted by molar-refractivity contribution is 4.72. The van der Waals surface area contributed by atoms with Gasteiger partial charge in [0.25, 0.3) is 0 Å². The number of hydrogen-bond donors (Lipinski definition) is 1. The Morgan fingerprint density at radius 2 is 1.90 bits per heavy atom. The standard InChI is InChI=1S/C9H18O/c1-3-9(4-2)7-5-6-8-10/h6,8-10H,3-5,7H2,1-2H3. The summed E-state index contributed by atoms with van der Waals surface area (Å²) in [5.41, 5.74) is 0. The van der Waals surface area contributed by atoms with Crippen LogP contribution in [0.5, 0.6) is 0 Å². The number of rotatable bonds is 5. The van der Waals surface area contributed by atoms with Crippen LogP contribution in [0, 0.1) is 5.92 Å². The molecule has 0 heterocycles. The molecule has 0 unspecified atom stereocenters. The second-order valence-electron chi connectivity index (χ2n) is 2.64. The summed E-state index contributed by atoms with van der Waals surface area (Å²) in [6.45, 7) is 4.44. The molecule has 0 rings (SSSR count). The van der Waals surface area contributed by atoms with E-state index in [4.69, 9.17) is 5.11 Å². The van der Waals surface area contributed by atoms with E-state index < -0.39 is 0 Å². The first-order valence-electron chi connectivity index (χ1n) is 4.14. The van der Waals surface area contributed by atoms with Crippen molar-refractivity contribution in [3.05, 3.63) is 12.3 Å². The molecule has 0 fully saturated rings. The van der Waals surface area contributed by atoms with E-state index in [1.807, 2.05) is 6.08 Å². The van der Waals surface area contributed by atoms with Gasteiger partial charge < -0.3 is 5.11 Å². The second kappa shape index (κ2) is 6.66. The van der Waals surface area contributed by atoms with Gasteiger partial charge in [-0.3, -0.25) is 0 Å². The predicted molar refractivity (Wildman–Crippen MR) is 45.1 cm³/mol. The molecule has 0 aliphatic heterocycles. The van der Waals surface area contributed by atoms with Crippen molar-refractivity contribution in [3.8, 4) is 0 Å². The van der Waals surface area contributed by atoms with Gasteiger partial charge in [0.1, 0.15) is 0 Å². The van der Waals surface area contributed by atoms with Crippen LogP contribution >= 0.6 is 0 Å². The molecule has 1 heteroatoms. The van der Waals surface area contributed by atoms with Crippen molar-refractivity contribution >= 4 is 0 Å². The Morgan fingerprint density at radius 3 is 2.30 bits per heavy atom. The third-order valence-corrected chi connectivity index (χ3v) is 2.00. The minimum atomic E-state index is 0.844. The van der Waals surface area contributed by atoms with Gasteiger partial charge in [-0.1, -0.05) is 32.8 Å². The molecule has 0 atom stereocenters. The van der Waals surface area contributed by atoms with Crippen molar-refractivity contribution < 1.29 is 5.11 Å². The molecule has 0 bridgehead atoms.